The summed E-state index contributed by atoms with van der Waals surface area (Å²) in [6.45, 7) is 5.67. The lowest BCUT2D eigenvalue weighted by Crippen LogP contribution is -2.25. The molecule has 1 N–H and O–H groups in total. The normalized spacial score (nSPS) is 11.5. The quantitative estimate of drug-likeness (QED) is 0.648. The second-order valence-electron chi connectivity index (χ2n) is 5.54. The molecule has 0 unspecified atom stereocenters. The predicted molar refractivity (Wildman–Crippen MR) is 98.1 cm³/mol. The third kappa shape index (κ3) is 5.39. The van der Waals surface area contributed by atoms with E-state index in [1.54, 1.807) is 0 Å². The SMILES string of the molecule is CC(/C=C/c1ccccc1)=N\NC(=O)COc1c(C)cccc1C. The molecule has 2 aromatic carbocycles. The van der Waals surface area contributed by atoms with E-state index in [2.05, 4.69) is 10.5 Å². The van der Waals surface area contributed by atoms with Crippen molar-refractivity contribution in [1.29, 1.82) is 0 Å². The van der Waals surface area contributed by atoms with Gasteiger partial charge in [-0.3, -0.25) is 4.79 Å². The van der Waals surface area contributed by atoms with Gasteiger partial charge in [-0.15, -0.1) is 0 Å². The van der Waals surface area contributed by atoms with Crippen molar-refractivity contribution in [3.8, 4) is 5.75 Å². The Kier molecular flexibility index (Phi) is 6.32. The van der Waals surface area contributed by atoms with Gasteiger partial charge in [-0.25, -0.2) is 5.43 Å². The minimum Gasteiger partial charge on any atom is -0.483 e. The summed E-state index contributed by atoms with van der Waals surface area (Å²) in [5.41, 5.74) is 6.30. The van der Waals surface area contributed by atoms with Crippen LogP contribution in [-0.4, -0.2) is 18.2 Å². The van der Waals surface area contributed by atoms with Gasteiger partial charge in [-0.2, -0.15) is 5.10 Å². The molecule has 1 amide bonds. The zero-order chi connectivity index (χ0) is 17.4. The lowest BCUT2D eigenvalue weighted by molar-refractivity contribution is -0.123. The van der Waals surface area contributed by atoms with Crippen LogP contribution in [-0.2, 0) is 4.79 Å². The zero-order valence-corrected chi connectivity index (χ0v) is 14.2. The molecule has 0 atom stereocenters. The summed E-state index contributed by atoms with van der Waals surface area (Å²) in [5.74, 6) is 0.461. The minimum atomic E-state index is -0.287. The molecule has 24 heavy (non-hydrogen) atoms. The van der Waals surface area contributed by atoms with Crippen LogP contribution in [0.1, 0.15) is 23.6 Å². The molecule has 0 spiro atoms. The fourth-order valence-electron chi connectivity index (χ4n) is 2.17. The van der Waals surface area contributed by atoms with E-state index in [1.165, 1.54) is 0 Å². The van der Waals surface area contributed by atoms with Crippen LogP contribution in [0.4, 0.5) is 0 Å². The molecule has 0 fully saturated rings. The Morgan fingerprint density at radius 1 is 1.08 bits per heavy atom. The van der Waals surface area contributed by atoms with E-state index in [1.807, 2.05) is 81.5 Å². The number of ether oxygens (including phenoxy) is 1. The minimum absolute atomic E-state index is 0.0646. The van der Waals surface area contributed by atoms with Gasteiger partial charge in [0.15, 0.2) is 6.61 Å². The topological polar surface area (TPSA) is 50.7 Å². The Hall–Kier alpha value is -2.88. The average molecular weight is 322 g/mol. The van der Waals surface area contributed by atoms with E-state index in [-0.39, 0.29) is 12.5 Å². The van der Waals surface area contributed by atoms with Crippen molar-refractivity contribution >= 4 is 17.7 Å². The Balaban J connectivity index is 1.85. The molecular weight excluding hydrogens is 300 g/mol. The number of nitrogens with one attached hydrogen (secondary N) is 1. The number of nitrogens with zero attached hydrogens (tertiary/aromatic N) is 1. The van der Waals surface area contributed by atoms with E-state index in [4.69, 9.17) is 4.74 Å². The van der Waals surface area contributed by atoms with Gasteiger partial charge in [0.05, 0.1) is 5.71 Å². The van der Waals surface area contributed by atoms with Crippen molar-refractivity contribution in [2.24, 2.45) is 5.10 Å². The van der Waals surface area contributed by atoms with Crippen LogP contribution >= 0.6 is 0 Å². The zero-order valence-electron chi connectivity index (χ0n) is 14.2. The van der Waals surface area contributed by atoms with Crippen LogP contribution in [0.5, 0.6) is 5.75 Å². The highest BCUT2D eigenvalue weighted by molar-refractivity contribution is 5.97. The van der Waals surface area contributed by atoms with Gasteiger partial charge >= 0.3 is 0 Å². The predicted octanol–water partition coefficient (Wildman–Crippen LogP) is 3.89. The number of rotatable bonds is 6. The van der Waals surface area contributed by atoms with Gasteiger partial charge in [-0.05, 0) is 43.5 Å². The third-order valence-corrected chi connectivity index (χ3v) is 3.43. The third-order valence-electron chi connectivity index (χ3n) is 3.43. The van der Waals surface area contributed by atoms with Gasteiger partial charge in [0, 0.05) is 0 Å². The Labute approximate surface area is 142 Å². The first-order valence-corrected chi connectivity index (χ1v) is 7.81. The van der Waals surface area contributed by atoms with Crippen molar-refractivity contribution in [1.82, 2.24) is 5.43 Å². The number of para-hydroxylation sites is 1. The van der Waals surface area contributed by atoms with Gasteiger partial charge in [0.25, 0.3) is 5.91 Å². The number of aryl methyl sites for hydroxylation is 2. The molecule has 0 aromatic heterocycles. The average Bonchev–Trinajstić information content (AvgIpc) is 2.58. The number of hydrazone groups is 1. The lowest BCUT2D eigenvalue weighted by atomic mass is 10.1. The fourth-order valence-corrected chi connectivity index (χ4v) is 2.17. The van der Waals surface area contributed by atoms with Crippen molar-refractivity contribution < 1.29 is 9.53 Å². The highest BCUT2D eigenvalue weighted by Crippen LogP contribution is 2.21. The van der Waals surface area contributed by atoms with Gasteiger partial charge in [-0.1, -0.05) is 54.6 Å². The molecule has 2 aromatic rings. The van der Waals surface area contributed by atoms with E-state index in [0.717, 1.165) is 22.4 Å². The number of hydrogen-bond acceptors (Lipinski definition) is 3. The monoisotopic (exact) mass is 322 g/mol. The van der Waals surface area contributed by atoms with Gasteiger partial charge < -0.3 is 4.74 Å². The molecule has 0 bridgehead atoms. The molecule has 2 rings (SSSR count). The molecule has 0 aliphatic heterocycles. The Morgan fingerprint density at radius 2 is 1.75 bits per heavy atom. The maximum Gasteiger partial charge on any atom is 0.277 e. The second-order valence-corrected chi connectivity index (χ2v) is 5.54. The summed E-state index contributed by atoms with van der Waals surface area (Å²) < 4.78 is 5.59. The molecule has 0 radical (unpaired) electrons. The molecule has 0 saturated heterocycles. The van der Waals surface area contributed by atoms with Crippen molar-refractivity contribution in [2.45, 2.75) is 20.8 Å². The van der Waals surface area contributed by atoms with E-state index in [0.29, 0.717) is 5.71 Å². The summed E-state index contributed by atoms with van der Waals surface area (Å²) >= 11 is 0. The maximum absolute atomic E-state index is 11.9. The van der Waals surface area contributed by atoms with Crippen LogP contribution in [0, 0.1) is 13.8 Å². The van der Waals surface area contributed by atoms with Crippen LogP contribution in [0.3, 0.4) is 0 Å². The highest BCUT2D eigenvalue weighted by atomic mass is 16.5. The summed E-state index contributed by atoms with van der Waals surface area (Å²) in [7, 11) is 0. The van der Waals surface area contributed by atoms with Gasteiger partial charge in [0.1, 0.15) is 5.75 Å². The fraction of sp³-hybridized carbons (Fsp3) is 0.200. The number of hydrogen-bond donors (Lipinski definition) is 1. The smallest absolute Gasteiger partial charge is 0.277 e. The van der Waals surface area contributed by atoms with Crippen molar-refractivity contribution in [3.05, 3.63) is 71.3 Å². The van der Waals surface area contributed by atoms with E-state index >= 15 is 0 Å². The first-order valence-electron chi connectivity index (χ1n) is 7.81. The van der Waals surface area contributed by atoms with Crippen LogP contribution in [0.2, 0.25) is 0 Å². The maximum atomic E-state index is 11.9. The largest absolute Gasteiger partial charge is 0.483 e. The standard InChI is InChI=1S/C20H22N2O2/c1-15-8-7-9-16(2)20(15)24-14-19(23)22-21-17(3)12-13-18-10-5-4-6-11-18/h4-13H,14H2,1-3H3,(H,22,23)/b13-12+,21-17+. The number of amides is 1. The van der Waals surface area contributed by atoms with E-state index < -0.39 is 0 Å². The molecule has 4 nitrogen and oxygen atoms in total. The number of benzene rings is 2. The van der Waals surface area contributed by atoms with E-state index in [9.17, 15) is 4.79 Å². The van der Waals surface area contributed by atoms with Crippen LogP contribution in [0.15, 0.2) is 59.7 Å². The first-order chi connectivity index (χ1) is 11.6. The summed E-state index contributed by atoms with van der Waals surface area (Å²) in [6.07, 6.45) is 3.79. The lowest BCUT2D eigenvalue weighted by Gasteiger charge is -2.10. The van der Waals surface area contributed by atoms with Crippen molar-refractivity contribution in [2.75, 3.05) is 6.61 Å². The number of carbonyl (C=O) groups excluding carboxylic acids is 1. The van der Waals surface area contributed by atoms with Gasteiger partial charge in [0.2, 0.25) is 0 Å². The molecule has 0 heterocycles. The second kappa shape index (κ2) is 8.67. The molecule has 124 valence electrons. The Morgan fingerprint density at radius 3 is 2.42 bits per heavy atom. The number of carbonyl (C=O) groups is 1. The molecule has 4 heteroatoms. The molecule has 0 saturated carbocycles. The molecule has 0 aliphatic carbocycles. The molecule has 0 aliphatic rings. The number of allylic oxidation sites excluding steroid dienone is 1. The van der Waals surface area contributed by atoms with Crippen molar-refractivity contribution in [3.63, 3.8) is 0 Å². The highest BCUT2D eigenvalue weighted by Gasteiger charge is 2.06. The summed E-state index contributed by atoms with van der Waals surface area (Å²) in [5, 5.41) is 4.05. The molecular formula is C20H22N2O2. The van der Waals surface area contributed by atoms with Crippen LogP contribution < -0.4 is 10.2 Å². The summed E-state index contributed by atoms with van der Waals surface area (Å²) in [4.78, 5) is 11.9. The first kappa shape index (κ1) is 17.5. The Bertz CT molecular complexity index is 729. The summed E-state index contributed by atoms with van der Waals surface area (Å²) in [6, 6.07) is 15.8. The van der Waals surface area contributed by atoms with Crippen LogP contribution in [0.25, 0.3) is 6.08 Å².